The first-order valence-electron chi connectivity index (χ1n) is 11.6. The second-order valence-corrected chi connectivity index (χ2v) is 8.45. The van der Waals surface area contributed by atoms with Crippen LogP contribution in [0.25, 0.3) is 10.9 Å². The molecule has 5 rings (SSSR count). The van der Waals surface area contributed by atoms with E-state index < -0.39 is 0 Å². The molecule has 0 amide bonds. The van der Waals surface area contributed by atoms with Gasteiger partial charge in [0.25, 0.3) is 0 Å². The van der Waals surface area contributed by atoms with Gasteiger partial charge in [-0.3, -0.25) is 0 Å². The zero-order valence-corrected chi connectivity index (χ0v) is 20.2. The summed E-state index contributed by atoms with van der Waals surface area (Å²) < 4.78 is 10.9. The van der Waals surface area contributed by atoms with Crippen LogP contribution in [0.3, 0.4) is 0 Å². The molecule has 2 aromatic carbocycles. The Balaban J connectivity index is 1.24. The number of ether oxygens (including phenoxy) is 2. The van der Waals surface area contributed by atoms with Gasteiger partial charge in [-0.25, -0.2) is 19.9 Å². The molecule has 9 heteroatoms. The van der Waals surface area contributed by atoms with Crippen molar-refractivity contribution in [1.82, 2.24) is 19.9 Å². The summed E-state index contributed by atoms with van der Waals surface area (Å²) in [5.41, 5.74) is 4.27. The number of aromatic nitrogens is 4. The fourth-order valence-electron chi connectivity index (χ4n) is 4.32. The minimum absolute atomic E-state index is 0.656. The van der Waals surface area contributed by atoms with Crippen molar-refractivity contribution >= 4 is 28.4 Å². The maximum absolute atomic E-state index is 5.49. The zero-order valence-electron chi connectivity index (χ0n) is 20.2. The van der Waals surface area contributed by atoms with E-state index in [9.17, 15) is 0 Å². The van der Waals surface area contributed by atoms with E-state index in [1.165, 1.54) is 11.1 Å². The first-order chi connectivity index (χ1) is 17.2. The summed E-state index contributed by atoms with van der Waals surface area (Å²) in [6.45, 7) is 6.07. The quantitative estimate of drug-likeness (QED) is 0.433. The third-order valence-corrected chi connectivity index (χ3v) is 6.36. The summed E-state index contributed by atoms with van der Waals surface area (Å²) in [4.78, 5) is 22.7. The monoisotopic (exact) mass is 471 g/mol. The number of piperazine rings is 1. The molecule has 4 aromatic rings. The van der Waals surface area contributed by atoms with Crippen molar-refractivity contribution in [2.45, 2.75) is 13.5 Å². The summed E-state index contributed by atoms with van der Waals surface area (Å²) in [6.07, 6.45) is 5.30. The molecular weight excluding hydrogens is 442 g/mol. The van der Waals surface area contributed by atoms with Gasteiger partial charge in [-0.05, 0) is 24.1 Å². The number of anilines is 3. The summed E-state index contributed by atoms with van der Waals surface area (Å²) in [5, 5.41) is 4.35. The van der Waals surface area contributed by atoms with Gasteiger partial charge in [0.05, 0.1) is 37.8 Å². The smallest absolute Gasteiger partial charge is 0.225 e. The molecule has 1 aliphatic heterocycles. The highest BCUT2D eigenvalue weighted by molar-refractivity contribution is 5.92. The van der Waals surface area contributed by atoms with Crippen molar-refractivity contribution in [3.05, 3.63) is 66.2 Å². The lowest BCUT2D eigenvalue weighted by molar-refractivity contribution is 0.356. The van der Waals surface area contributed by atoms with E-state index in [4.69, 9.17) is 9.47 Å². The van der Waals surface area contributed by atoms with Gasteiger partial charge in [0.15, 0.2) is 11.5 Å². The molecule has 3 heterocycles. The highest BCUT2D eigenvalue weighted by Crippen LogP contribution is 2.35. The molecule has 0 unspecified atom stereocenters. The molecule has 1 fully saturated rings. The number of hydrogen-bond acceptors (Lipinski definition) is 9. The van der Waals surface area contributed by atoms with E-state index in [0.717, 1.165) is 61.1 Å². The molecule has 0 aliphatic carbocycles. The van der Waals surface area contributed by atoms with Crippen molar-refractivity contribution < 1.29 is 9.47 Å². The van der Waals surface area contributed by atoms with Crippen LogP contribution >= 0.6 is 0 Å². The van der Waals surface area contributed by atoms with Crippen LogP contribution < -0.4 is 24.6 Å². The minimum atomic E-state index is 0.656. The van der Waals surface area contributed by atoms with Crippen LogP contribution in [0.1, 0.15) is 11.1 Å². The molecule has 0 spiro atoms. The van der Waals surface area contributed by atoms with Crippen LogP contribution in [0.4, 0.5) is 17.5 Å². The Morgan fingerprint density at radius 2 is 1.54 bits per heavy atom. The highest BCUT2D eigenvalue weighted by atomic mass is 16.5. The Kier molecular flexibility index (Phi) is 6.47. The second-order valence-electron chi connectivity index (χ2n) is 8.45. The van der Waals surface area contributed by atoms with Crippen LogP contribution in [-0.4, -0.2) is 60.3 Å². The first kappa shape index (κ1) is 22.6. The molecule has 180 valence electrons. The van der Waals surface area contributed by atoms with E-state index in [1.807, 2.05) is 24.5 Å². The Morgan fingerprint density at radius 3 is 2.26 bits per heavy atom. The maximum Gasteiger partial charge on any atom is 0.225 e. The lowest BCUT2D eigenvalue weighted by atomic mass is 10.1. The average Bonchev–Trinajstić information content (AvgIpc) is 2.92. The van der Waals surface area contributed by atoms with Gasteiger partial charge in [0.1, 0.15) is 12.1 Å². The minimum Gasteiger partial charge on any atom is -0.493 e. The van der Waals surface area contributed by atoms with Crippen LogP contribution in [0.2, 0.25) is 0 Å². The van der Waals surface area contributed by atoms with Gasteiger partial charge in [0.2, 0.25) is 5.95 Å². The van der Waals surface area contributed by atoms with Crippen molar-refractivity contribution in [3.8, 4) is 11.5 Å². The summed E-state index contributed by atoms with van der Waals surface area (Å²) in [5.74, 6) is 2.96. The Morgan fingerprint density at radius 1 is 0.857 bits per heavy atom. The predicted octanol–water partition coefficient (Wildman–Crippen LogP) is 3.68. The Hall–Kier alpha value is -4.14. The van der Waals surface area contributed by atoms with E-state index in [1.54, 1.807) is 20.5 Å². The van der Waals surface area contributed by atoms with Crippen LogP contribution in [0, 0.1) is 6.92 Å². The number of nitrogens with zero attached hydrogens (tertiary/aromatic N) is 6. The number of hydrogen-bond donors (Lipinski definition) is 1. The van der Waals surface area contributed by atoms with Gasteiger partial charge < -0.3 is 24.6 Å². The first-order valence-corrected chi connectivity index (χ1v) is 11.6. The van der Waals surface area contributed by atoms with Crippen molar-refractivity contribution in [1.29, 1.82) is 0 Å². The third-order valence-electron chi connectivity index (χ3n) is 6.36. The number of methoxy groups -OCH3 is 2. The van der Waals surface area contributed by atoms with Crippen molar-refractivity contribution in [3.63, 3.8) is 0 Å². The molecule has 0 atom stereocenters. The number of nitrogens with one attached hydrogen (secondary N) is 1. The predicted molar refractivity (Wildman–Crippen MR) is 138 cm³/mol. The second kappa shape index (κ2) is 10.0. The lowest BCUT2D eigenvalue weighted by Crippen LogP contribution is -2.47. The molecule has 0 bridgehead atoms. The lowest BCUT2D eigenvalue weighted by Gasteiger charge is -2.35. The fourth-order valence-corrected chi connectivity index (χ4v) is 4.32. The van der Waals surface area contributed by atoms with E-state index in [-0.39, 0.29) is 0 Å². The van der Waals surface area contributed by atoms with Gasteiger partial charge in [-0.15, -0.1) is 0 Å². The Bertz CT molecular complexity index is 1310. The number of fused-ring (bicyclic) bond motifs is 1. The summed E-state index contributed by atoms with van der Waals surface area (Å²) in [6, 6.07) is 12.2. The molecule has 0 saturated carbocycles. The fraction of sp³-hybridized carbons (Fsp3) is 0.308. The number of benzene rings is 2. The molecule has 35 heavy (non-hydrogen) atoms. The van der Waals surface area contributed by atoms with E-state index >= 15 is 0 Å². The normalized spacial score (nSPS) is 13.7. The zero-order chi connectivity index (χ0) is 24.2. The topological polar surface area (TPSA) is 88.5 Å². The average molecular weight is 472 g/mol. The molecule has 2 aromatic heterocycles. The van der Waals surface area contributed by atoms with Gasteiger partial charge in [0, 0.05) is 44.2 Å². The number of aryl methyl sites for hydroxylation is 1. The van der Waals surface area contributed by atoms with Crippen LogP contribution in [0.15, 0.2) is 55.1 Å². The van der Waals surface area contributed by atoms with Gasteiger partial charge >= 0.3 is 0 Å². The third kappa shape index (κ3) is 4.75. The maximum atomic E-state index is 5.49. The standard InChI is InChI=1S/C26H29N7O2/c1-18-6-4-5-7-19(18)14-27-20-15-28-26(29-16-20)33-10-8-32(9-11-33)25-21-12-23(34-2)24(35-3)13-22(21)30-17-31-25/h4-7,12-13,15-17,27H,8-11,14H2,1-3H3. The molecule has 9 nitrogen and oxygen atoms in total. The van der Waals surface area contributed by atoms with E-state index in [0.29, 0.717) is 11.5 Å². The van der Waals surface area contributed by atoms with E-state index in [2.05, 4.69) is 66.2 Å². The molecule has 1 aliphatic rings. The van der Waals surface area contributed by atoms with Gasteiger partial charge in [-0.2, -0.15) is 0 Å². The SMILES string of the molecule is COc1cc2ncnc(N3CCN(c4ncc(NCc5ccccc5C)cn4)CC3)c2cc1OC. The number of rotatable bonds is 7. The van der Waals surface area contributed by atoms with Crippen LogP contribution in [-0.2, 0) is 6.54 Å². The van der Waals surface area contributed by atoms with Crippen molar-refractivity contribution in [2.75, 3.05) is 55.5 Å². The molecule has 1 N–H and O–H groups in total. The highest BCUT2D eigenvalue weighted by Gasteiger charge is 2.22. The summed E-state index contributed by atoms with van der Waals surface area (Å²) >= 11 is 0. The largest absolute Gasteiger partial charge is 0.493 e. The summed E-state index contributed by atoms with van der Waals surface area (Å²) in [7, 11) is 3.26. The molecule has 0 radical (unpaired) electrons. The van der Waals surface area contributed by atoms with Crippen LogP contribution in [0.5, 0.6) is 11.5 Å². The molecular formula is C26H29N7O2. The van der Waals surface area contributed by atoms with Crippen molar-refractivity contribution in [2.24, 2.45) is 0 Å². The Labute approximate surface area is 204 Å². The van der Waals surface area contributed by atoms with Gasteiger partial charge in [-0.1, -0.05) is 24.3 Å². The molecule has 1 saturated heterocycles.